The van der Waals surface area contributed by atoms with Crippen molar-refractivity contribution in [3.8, 4) is 0 Å². The van der Waals surface area contributed by atoms with Gasteiger partial charge < -0.3 is 0 Å². The summed E-state index contributed by atoms with van der Waals surface area (Å²) < 4.78 is 45.0. The Bertz CT molecular complexity index is 389. The van der Waals surface area contributed by atoms with Crippen molar-refractivity contribution in [2.45, 2.75) is 20.8 Å². The van der Waals surface area contributed by atoms with Crippen LogP contribution in [0.1, 0.15) is 20.8 Å². The zero-order valence-electron chi connectivity index (χ0n) is 9.22. The molecule has 0 bridgehead atoms. The summed E-state index contributed by atoms with van der Waals surface area (Å²) in [6.45, 7) is 5.69. The Labute approximate surface area is 105 Å². The van der Waals surface area contributed by atoms with E-state index in [-0.39, 0.29) is 28.0 Å². The summed E-state index contributed by atoms with van der Waals surface area (Å²) in [5.41, 5.74) is 0. The van der Waals surface area contributed by atoms with Crippen LogP contribution in [0.25, 0.3) is 0 Å². The van der Waals surface area contributed by atoms with Crippen LogP contribution in [0.2, 0.25) is 0 Å². The quantitative estimate of drug-likeness (QED) is 0.316. The van der Waals surface area contributed by atoms with Crippen LogP contribution in [-0.2, 0) is 18.5 Å². The highest BCUT2D eigenvalue weighted by Gasteiger charge is 2.60. The molecule has 0 heterocycles. The fourth-order valence-electron chi connectivity index (χ4n) is 1.54. The monoisotopic (exact) mass is 313 g/mol. The lowest BCUT2D eigenvalue weighted by molar-refractivity contribution is -0.965. The van der Waals surface area contributed by atoms with E-state index in [4.69, 9.17) is 21.4 Å². The smallest absolute Gasteiger partial charge is 0.146 e. The van der Waals surface area contributed by atoms with Gasteiger partial charge >= 0.3 is 18.5 Å². The lowest BCUT2D eigenvalue weighted by Crippen LogP contribution is -2.65. The molecular weight excluding hydrogens is 299 g/mol. The van der Waals surface area contributed by atoms with E-state index < -0.39 is 18.5 Å². The van der Waals surface area contributed by atoms with Crippen LogP contribution in [-0.4, -0.2) is 41.1 Å². The van der Waals surface area contributed by atoms with Crippen molar-refractivity contribution in [1.29, 1.82) is 0 Å². The first-order valence-electron chi connectivity index (χ1n) is 4.61. The summed E-state index contributed by atoms with van der Waals surface area (Å²) in [4.78, 5) is 0. The predicted molar refractivity (Wildman–Crippen MR) is 63.6 cm³/mol. The second-order valence-electron chi connectivity index (χ2n) is 3.11. The first-order chi connectivity index (χ1) is 7.05. The SMILES string of the molecule is CC[N+](CC)(CC)[N+](S(=O)(=O)Cl)S(=O)(=O)Cl. The molecule has 0 aliphatic heterocycles. The van der Waals surface area contributed by atoms with Crippen molar-refractivity contribution in [3.63, 3.8) is 0 Å². The van der Waals surface area contributed by atoms with Crippen LogP contribution in [0.5, 0.6) is 0 Å². The molecule has 0 amide bonds. The van der Waals surface area contributed by atoms with Gasteiger partial charge in [-0.3, -0.25) is 0 Å². The summed E-state index contributed by atoms with van der Waals surface area (Å²) >= 11 is 0. The van der Waals surface area contributed by atoms with Crippen molar-refractivity contribution in [2.24, 2.45) is 0 Å². The lowest BCUT2D eigenvalue weighted by atomic mass is 10.5. The Hall–Kier alpha value is 0.400. The zero-order valence-corrected chi connectivity index (χ0v) is 12.4. The highest BCUT2D eigenvalue weighted by molar-refractivity contribution is 8.25. The number of rotatable bonds is 6. The Balaban J connectivity index is 5.89. The lowest BCUT2D eigenvalue weighted by Gasteiger charge is -2.28. The Morgan fingerprint density at radius 3 is 1.19 bits per heavy atom. The van der Waals surface area contributed by atoms with Crippen molar-refractivity contribution >= 4 is 39.8 Å². The third kappa shape index (κ3) is 3.44. The largest absolute Gasteiger partial charge is 0.504 e. The van der Waals surface area contributed by atoms with Gasteiger partial charge in [0.05, 0.1) is 21.4 Å². The van der Waals surface area contributed by atoms with E-state index in [1.54, 1.807) is 20.8 Å². The summed E-state index contributed by atoms with van der Waals surface area (Å²) in [7, 11) is 1.33. The van der Waals surface area contributed by atoms with Gasteiger partial charge in [-0.05, 0) is 20.8 Å². The predicted octanol–water partition coefficient (Wildman–Crippen LogP) is 0.885. The molecule has 10 heteroatoms. The average molecular weight is 314 g/mol. The van der Waals surface area contributed by atoms with Gasteiger partial charge in [-0.2, -0.15) is 0 Å². The van der Waals surface area contributed by atoms with Crippen molar-refractivity contribution in [3.05, 3.63) is 0 Å². The fraction of sp³-hybridized carbons (Fsp3) is 1.00. The third-order valence-electron chi connectivity index (χ3n) is 2.49. The van der Waals surface area contributed by atoms with Gasteiger partial charge in [0, 0.05) is 0 Å². The molecular formula is C6H15Cl2N2O4S2+2. The highest BCUT2D eigenvalue weighted by Crippen LogP contribution is 2.23. The van der Waals surface area contributed by atoms with Gasteiger partial charge in [0.15, 0.2) is 0 Å². The molecule has 0 aliphatic carbocycles. The molecule has 0 fully saturated rings. The first-order valence-corrected chi connectivity index (χ1v) is 9.14. The minimum atomic E-state index is -4.46. The fourth-order valence-corrected chi connectivity index (χ4v) is 6.29. The molecule has 0 aromatic carbocycles. The number of nitrogens with zero attached hydrogens (tertiary/aromatic N) is 2. The molecule has 0 aromatic heterocycles. The van der Waals surface area contributed by atoms with Gasteiger partial charge in [0.2, 0.25) is 0 Å². The Kier molecular flexibility index (Phi) is 5.50. The molecule has 97 valence electrons. The van der Waals surface area contributed by atoms with Gasteiger partial charge in [-0.1, -0.05) is 4.59 Å². The summed E-state index contributed by atoms with van der Waals surface area (Å²) in [6, 6.07) is 0. The summed E-state index contributed by atoms with van der Waals surface area (Å²) in [5, 5.41) is 0. The maximum atomic E-state index is 11.3. The van der Waals surface area contributed by atoms with Gasteiger partial charge in [-0.15, -0.1) is 16.8 Å². The second-order valence-corrected chi connectivity index (χ2v) is 8.02. The van der Waals surface area contributed by atoms with E-state index in [9.17, 15) is 16.8 Å². The summed E-state index contributed by atoms with van der Waals surface area (Å²) in [6.07, 6.45) is 0. The van der Waals surface area contributed by atoms with Gasteiger partial charge in [-0.25, -0.2) is 0 Å². The molecule has 0 aromatic rings. The third-order valence-corrected chi connectivity index (χ3v) is 6.38. The van der Waals surface area contributed by atoms with E-state index in [1.165, 1.54) is 0 Å². The maximum Gasteiger partial charge on any atom is 0.504 e. The van der Waals surface area contributed by atoms with Crippen LogP contribution in [0, 0.1) is 0 Å². The number of halogens is 2. The van der Waals surface area contributed by atoms with Crippen LogP contribution < -0.4 is 3.82 Å². The molecule has 6 nitrogen and oxygen atoms in total. The average Bonchev–Trinajstić information content (AvgIpc) is 2.10. The van der Waals surface area contributed by atoms with Crippen molar-refractivity contribution in [2.75, 3.05) is 19.6 Å². The normalized spacial score (nSPS) is 14.4. The molecule has 0 spiro atoms. The van der Waals surface area contributed by atoms with Crippen LogP contribution in [0.3, 0.4) is 0 Å². The van der Waals surface area contributed by atoms with Gasteiger partial charge in [0.1, 0.15) is 19.6 Å². The molecule has 0 atom stereocenters. The minimum absolute atomic E-state index is 0.142. The van der Waals surface area contributed by atoms with E-state index >= 15 is 0 Å². The van der Waals surface area contributed by atoms with E-state index in [0.717, 1.165) is 0 Å². The topological polar surface area (TPSA) is 74.2 Å². The van der Waals surface area contributed by atoms with Crippen molar-refractivity contribution in [1.82, 2.24) is 3.82 Å². The second kappa shape index (κ2) is 5.36. The molecule has 16 heavy (non-hydrogen) atoms. The van der Waals surface area contributed by atoms with Crippen molar-refractivity contribution < 1.29 is 21.4 Å². The minimum Gasteiger partial charge on any atom is -0.146 e. The molecule has 0 saturated carbocycles. The van der Waals surface area contributed by atoms with Crippen LogP contribution >= 0.6 is 21.4 Å². The van der Waals surface area contributed by atoms with E-state index in [1.807, 2.05) is 0 Å². The van der Waals surface area contributed by atoms with Crippen LogP contribution in [0.15, 0.2) is 0 Å². The van der Waals surface area contributed by atoms with Crippen LogP contribution in [0.4, 0.5) is 0 Å². The number of hydrogen-bond acceptors (Lipinski definition) is 4. The highest BCUT2D eigenvalue weighted by atomic mass is 35.7. The first kappa shape index (κ1) is 16.4. The Morgan fingerprint density at radius 2 is 1.12 bits per heavy atom. The number of hydrogen-bond donors (Lipinski definition) is 0. The molecule has 0 saturated heterocycles. The Morgan fingerprint density at radius 1 is 0.875 bits per heavy atom. The molecule has 0 N–H and O–H groups in total. The van der Waals surface area contributed by atoms with E-state index in [2.05, 4.69) is 0 Å². The molecule has 0 aliphatic rings. The van der Waals surface area contributed by atoms with E-state index in [0.29, 0.717) is 0 Å². The zero-order chi connectivity index (χ0) is 13.2. The molecule has 0 unspecified atom stereocenters. The maximum absolute atomic E-state index is 11.3. The standard InChI is InChI=1S/C6H15Cl2N2O4S2/c1-4-10(5-2,6-3)9(15(7,11)12)16(8,13)14/h4-6H2,1-3H3/q+2. The molecule has 0 rings (SSSR count). The number of quaternary nitrogens is 1. The van der Waals surface area contributed by atoms with Gasteiger partial charge in [0.25, 0.3) is 3.82 Å². The summed E-state index contributed by atoms with van der Waals surface area (Å²) in [5.74, 6) is 0. The molecule has 1 radical (unpaired) electrons.